The number of halogens is 1. The predicted molar refractivity (Wildman–Crippen MR) is 110 cm³/mol. The number of hydrogen-bond acceptors (Lipinski definition) is 4. The Morgan fingerprint density at radius 3 is 1.57 bits per heavy atom. The van der Waals surface area contributed by atoms with Gasteiger partial charge in [-0.3, -0.25) is 0 Å². The topological polar surface area (TPSA) is 52.6 Å². The van der Waals surface area contributed by atoms with Gasteiger partial charge in [-0.1, -0.05) is 36.4 Å². The third-order valence-corrected chi connectivity index (χ3v) is 4.74. The van der Waals surface area contributed by atoms with Gasteiger partial charge in [-0.05, 0) is 58.1 Å². The Kier molecular flexibility index (Phi) is 6.12. The lowest BCUT2D eigenvalue weighted by molar-refractivity contribution is 0.0592. The van der Waals surface area contributed by atoms with Crippen molar-refractivity contribution >= 4 is 23.5 Å². The molecule has 0 aliphatic rings. The fourth-order valence-corrected chi connectivity index (χ4v) is 3.28. The molecule has 0 saturated carbocycles. The highest BCUT2D eigenvalue weighted by molar-refractivity contribution is 6.17. The average Bonchev–Trinajstić information content (AvgIpc) is 2.77. The molecule has 28 heavy (non-hydrogen) atoms. The first-order valence-corrected chi connectivity index (χ1v) is 9.18. The lowest BCUT2D eigenvalue weighted by Crippen LogP contribution is -2.04. The van der Waals surface area contributed by atoms with Gasteiger partial charge in [-0.25, -0.2) is 9.59 Å². The fourth-order valence-electron chi connectivity index (χ4n) is 3.13. The van der Waals surface area contributed by atoms with Crippen LogP contribution in [0.5, 0.6) is 0 Å². The predicted octanol–water partition coefficient (Wildman–Crippen LogP) is 5.33. The van der Waals surface area contributed by atoms with Crippen molar-refractivity contribution in [3.8, 4) is 22.3 Å². The van der Waals surface area contributed by atoms with Crippen LogP contribution in [0.4, 0.5) is 0 Å². The Balaban J connectivity index is 2.22. The van der Waals surface area contributed by atoms with E-state index < -0.39 is 11.9 Å². The molecule has 3 aromatic carbocycles. The number of esters is 2. The molecule has 0 saturated heterocycles. The molecule has 3 aromatic rings. The maximum absolute atomic E-state index is 12.2. The van der Waals surface area contributed by atoms with Gasteiger partial charge in [0.2, 0.25) is 0 Å². The first-order chi connectivity index (χ1) is 13.6. The molecule has 0 spiro atoms. The first kappa shape index (κ1) is 19.6. The molecule has 0 atom stereocenters. The van der Waals surface area contributed by atoms with Gasteiger partial charge in [-0.15, -0.1) is 11.6 Å². The molecule has 0 bridgehead atoms. The van der Waals surface area contributed by atoms with Crippen molar-refractivity contribution < 1.29 is 19.1 Å². The number of benzene rings is 3. The lowest BCUT2D eigenvalue weighted by atomic mass is 9.92. The van der Waals surface area contributed by atoms with Crippen molar-refractivity contribution in [1.29, 1.82) is 0 Å². The van der Waals surface area contributed by atoms with Crippen molar-refractivity contribution in [2.45, 2.75) is 5.88 Å². The molecule has 3 rings (SSSR count). The van der Waals surface area contributed by atoms with E-state index in [0.717, 1.165) is 27.8 Å². The van der Waals surface area contributed by atoms with E-state index in [1.165, 1.54) is 14.2 Å². The van der Waals surface area contributed by atoms with Crippen LogP contribution in [0.1, 0.15) is 26.3 Å². The highest BCUT2D eigenvalue weighted by Crippen LogP contribution is 2.33. The number of alkyl halides is 1. The molecule has 5 heteroatoms. The van der Waals surface area contributed by atoms with Crippen molar-refractivity contribution in [2.24, 2.45) is 0 Å². The second kappa shape index (κ2) is 8.72. The van der Waals surface area contributed by atoms with Crippen LogP contribution in [0, 0.1) is 0 Å². The zero-order chi connectivity index (χ0) is 20.1. The average molecular weight is 395 g/mol. The molecule has 0 aliphatic heterocycles. The summed E-state index contributed by atoms with van der Waals surface area (Å²) in [4.78, 5) is 24.4. The van der Waals surface area contributed by atoms with Gasteiger partial charge in [0.05, 0.1) is 25.3 Å². The number of carbonyl (C=O) groups is 2. The summed E-state index contributed by atoms with van der Waals surface area (Å²) < 4.78 is 9.82. The van der Waals surface area contributed by atoms with E-state index in [1.807, 2.05) is 42.5 Å². The summed E-state index contributed by atoms with van der Waals surface area (Å²) >= 11 is 6.12. The number of methoxy groups -OCH3 is 2. The Morgan fingerprint density at radius 2 is 1.18 bits per heavy atom. The summed E-state index contributed by atoms with van der Waals surface area (Å²) in [5, 5.41) is 0. The quantitative estimate of drug-likeness (QED) is 0.433. The summed E-state index contributed by atoms with van der Waals surface area (Å²) in [6.07, 6.45) is 0. The highest BCUT2D eigenvalue weighted by atomic mass is 35.5. The molecule has 0 radical (unpaired) electrons. The van der Waals surface area contributed by atoms with E-state index in [0.29, 0.717) is 17.0 Å². The Hall–Kier alpha value is -3.11. The van der Waals surface area contributed by atoms with Crippen molar-refractivity contribution in [1.82, 2.24) is 0 Å². The van der Waals surface area contributed by atoms with Gasteiger partial charge in [0.15, 0.2) is 0 Å². The molecule has 0 aliphatic carbocycles. The van der Waals surface area contributed by atoms with Crippen LogP contribution in [0.25, 0.3) is 22.3 Å². The SMILES string of the molecule is COC(=O)c1ccccc1-c1cc(CCl)cc(-c2ccccc2C(=O)OC)c1. The number of hydrogen-bond donors (Lipinski definition) is 0. The Bertz CT molecular complexity index is 949. The van der Waals surface area contributed by atoms with E-state index in [1.54, 1.807) is 24.3 Å². The van der Waals surface area contributed by atoms with E-state index in [-0.39, 0.29) is 0 Å². The molecule has 0 heterocycles. The van der Waals surface area contributed by atoms with Gasteiger partial charge >= 0.3 is 11.9 Å². The van der Waals surface area contributed by atoms with Crippen LogP contribution < -0.4 is 0 Å². The minimum Gasteiger partial charge on any atom is -0.465 e. The third-order valence-electron chi connectivity index (χ3n) is 4.43. The largest absolute Gasteiger partial charge is 0.465 e. The second-order valence-electron chi connectivity index (χ2n) is 6.13. The zero-order valence-electron chi connectivity index (χ0n) is 15.6. The van der Waals surface area contributed by atoms with Gasteiger partial charge in [0.1, 0.15) is 0 Å². The summed E-state index contributed by atoms with van der Waals surface area (Å²) in [7, 11) is 2.71. The smallest absolute Gasteiger partial charge is 0.338 e. The summed E-state index contributed by atoms with van der Waals surface area (Å²) in [6, 6.07) is 20.2. The Labute approximate surface area is 168 Å². The molecule has 0 fully saturated rings. The van der Waals surface area contributed by atoms with Gasteiger partial charge < -0.3 is 9.47 Å². The molecule has 0 aromatic heterocycles. The molecule has 142 valence electrons. The Morgan fingerprint density at radius 1 is 0.750 bits per heavy atom. The third kappa shape index (κ3) is 3.92. The molecule has 4 nitrogen and oxygen atoms in total. The van der Waals surface area contributed by atoms with Crippen LogP contribution in [0.15, 0.2) is 66.7 Å². The van der Waals surface area contributed by atoms with Crippen LogP contribution in [-0.4, -0.2) is 26.2 Å². The van der Waals surface area contributed by atoms with E-state index in [9.17, 15) is 9.59 Å². The first-order valence-electron chi connectivity index (χ1n) is 8.64. The normalized spacial score (nSPS) is 10.4. The van der Waals surface area contributed by atoms with Crippen molar-refractivity contribution in [3.05, 3.63) is 83.4 Å². The molecular formula is C23H19ClO4. The number of rotatable bonds is 5. The maximum atomic E-state index is 12.2. The van der Waals surface area contributed by atoms with Crippen molar-refractivity contribution in [2.75, 3.05) is 14.2 Å². The van der Waals surface area contributed by atoms with E-state index in [4.69, 9.17) is 21.1 Å². The van der Waals surface area contributed by atoms with Crippen molar-refractivity contribution in [3.63, 3.8) is 0 Å². The molecule has 0 N–H and O–H groups in total. The minimum atomic E-state index is -0.414. The van der Waals surface area contributed by atoms with Gasteiger partial charge in [0, 0.05) is 5.88 Å². The standard InChI is InChI=1S/C23H19ClO4/c1-27-22(25)20-9-5-3-7-18(20)16-11-15(14-24)12-17(13-16)19-8-4-6-10-21(19)23(26)28-2/h3-13H,14H2,1-2H3. The van der Waals surface area contributed by atoms with Gasteiger partial charge in [0.25, 0.3) is 0 Å². The monoisotopic (exact) mass is 394 g/mol. The number of ether oxygens (including phenoxy) is 2. The number of carbonyl (C=O) groups excluding carboxylic acids is 2. The van der Waals surface area contributed by atoms with Crippen LogP contribution in [0.2, 0.25) is 0 Å². The van der Waals surface area contributed by atoms with Crippen LogP contribution >= 0.6 is 11.6 Å². The molecule has 0 unspecified atom stereocenters. The van der Waals surface area contributed by atoms with E-state index >= 15 is 0 Å². The van der Waals surface area contributed by atoms with Gasteiger partial charge in [-0.2, -0.15) is 0 Å². The molecule has 0 amide bonds. The van der Waals surface area contributed by atoms with E-state index in [2.05, 4.69) is 0 Å². The summed E-state index contributed by atoms with van der Waals surface area (Å²) in [6.45, 7) is 0. The maximum Gasteiger partial charge on any atom is 0.338 e. The summed E-state index contributed by atoms with van der Waals surface area (Å²) in [5.41, 5.74) is 4.89. The second-order valence-corrected chi connectivity index (χ2v) is 6.39. The minimum absolute atomic E-state index is 0.293. The van der Waals surface area contributed by atoms with Crippen LogP contribution in [-0.2, 0) is 15.4 Å². The fraction of sp³-hybridized carbons (Fsp3) is 0.130. The highest BCUT2D eigenvalue weighted by Gasteiger charge is 2.17. The zero-order valence-corrected chi connectivity index (χ0v) is 16.3. The molecular weight excluding hydrogens is 376 g/mol. The lowest BCUT2D eigenvalue weighted by Gasteiger charge is -2.14. The summed E-state index contributed by atoms with van der Waals surface area (Å²) in [5.74, 6) is -0.534. The van der Waals surface area contributed by atoms with Crippen LogP contribution in [0.3, 0.4) is 0 Å².